The fourth-order valence-electron chi connectivity index (χ4n) is 4.05. The highest BCUT2D eigenvalue weighted by Crippen LogP contribution is 2.49. The molecule has 2 unspecified atom stereocenters. The molecule has 0 radical (unpaired) electrons. The molecule has 3 aromatic rings. The zero-order chi connectivity index (χ0) is 23.1. The van der Waals surface area contributed by atoms with Crippen LogP contribution in [0.4, 0.5) is 0 Å². The van der Waals surface area contributed by atoms with Gasteiger partial charge in [0.2, 0.25) is 0 Å². The summed E-state index contributed by atoms with van der Waals surface area (Å²) in [7, 11) is 2.12. The van der Waals surface area contributed by atoms with Gasteiger partial charge in [-0.05, 0) is 55.4 Å². The van der Waals surface area contributed by atoms with Crippen molar-refractivity contribution in [2.75, 3.05) is 7.11 Å². The second-order valence-corrected chi connectivity index (χ2v) is 10.3. The number of methoxy groups -OCH3 is 1. The average Bonchev–Trinajstić information content (AvgIpc) is 2.79. The molecule has 0 spiro atoms. The normalized spacial score (nSPS) is 13.2. The molecule has 0 N–H and O–H groups in total. The first-order valence-corrected chi connectivity index (χ1v) is 12.1. The van der Waals surface area contributed by atoms with Crippen molar-refractivity contribution < 1.29 is 14.3 Å². The van der Waals surface area contributed by atoms with E-state index in [0.717, 1.165) is 51.9 Å². The van der Waals surface area contributed by atoms with Gasteiger partial charge in [-0.3, -0.25) is 4.79 Å². The summed E-state index contributed by atoms with van der Waals surface area (Å²) in [6.45, 7) is 8.67. The SMILES string of the molecule is CCCC(C)(Pc1ccc(C)cc1C(C)=O)c1cc(OC)ccc1OCc1ccccc1. The van der Waals surface area contributed by atoms with Crippen molar-refractivity contribution in [1.82, 2.24) is 0 Å². The third-order valence-corrected chi connectivity index (χ3v) is 7.51. The van der Waals surface area contributed by atoms with E-state index in [1.807, 2.05) is 43.3 Å². The minimum atomic E-state index is -0.186. The minimum Gasteiger partial charge on any atom is -0.497 e. The van der Waals surface area contributed by atoms with Crippen molar-refractivity contribution in [3.63, 3.8) is 0 Å². The van der Waals surface area contributed by atoms with Gasteiger partial charge in [-0.2, -0.15) is 0 Å². The lowest BCUT2D eigenvalue weighted by Crippen LogP contribution is -2.23. The first-order valence-electron chi connectivity index (χ1n) is 11.1. The first kappa shape index (κ1) is 24.0. The lowest BCUT2D eigenvalue weighted by molar-refractivity contribution is 0.101. The smallest absolute Gasteiger partial charge is 0.160 e. The van der Waals surface area contributed by atoms with Gasteiger partial charge in [0, 0.05) is 16.3 Å². The van der Waals surface area contributed by atoms with Crippen molar-refractivity contribution in [3.8, 4) is 11.5 Å². The number of carbonyl (C=O) groups is 1. The number of hydrogen-bond acceptors (Lipinski definition) is 3. The fourth-order valence-corrected chi connectivity index (χ4v) is 5.90. The molecule has 3 rings (SSSR count). The molecule has 0 saturated carbocycles. The number of benzene rings is 3. The first-order chi connectivity index (χ1) is 15.4. The highest BCUT2D eigenvalue weighted by Gasteiger charge is 2.31. The largest absolute Gasteiger partial charge is 0.497 e. The highest BCUT2D eigenvalue weighted by molar-refractivity contribution is 7.48. The molecule has 32 heavy (non-hydrogen) atoms. The van der Waals surface area contributed by atoms with Crippen molar-refractivity contribution in [2.45, 2.75) is 52.3 Å². The van der Waals surface area contributed by atoms with Gasteiger partial charge < -0.3 is 9.47 Å². The van der Waals surface area contributed by atoms with E-state index in [1.165, 1.54) is 0 Å². The predicted molar refractivity (Wildman–Crippen MR) is 135 cm³/mol. The maximum atomic E-state index is 12.4. The molecule has 0 aromatic heterocycles. The lowest BCUT2D eigenvalue weighted by Gasteiger charge is -2.33. The molecule has 0 amide bonds. The number of Topliss-reactive ketones (excluding diaryl/α,β-unsaturated/α-hetero) is 1. The number of aryl methyl sites for hydroxylation is 1. The van der Waals surface area contributed by atoms with Crippen LogP contribution in [0.25, 0.3) is 0 Å². The quantitative estimate of drug-likeness (QED) is 0.253. The molecule has 2 atom stereocenters. The van der Waals surface area contributed by atoms with E-state index in [0.29, 0.717) is 15.2 Å². The van der Waals surface area contributed by atoms with E-state index in [9.17, 15) is 4.79 Å². The molecular weight excluding hydrogens is 415 g/mol. The second-order valence-electron chi connectivity index (χ2n) is 8.45. The molecule has 3 aromatic carbocycles. The van der Waals surface area contributed by atoms with Gasteiger partial charge in [0.05, 0.1) is 7.11 Å². The van der Waals surface area contributed by atoms with Gasteiger partial charge in [0.1, 0.15) is 18.1 Å². The summed E-state index contributed by atoms with van der Waals surface area (Å²) < 4.78 is 11.9. The maximum Gasteiger partial charge on any atom is 0.160 e. The molecule has 0 aliphatic carbocycles. The highest BCUT2D eigenvalue weighted by atomic mass is 31.1. The summed E-state index contributed by atoms with van der Waals surface area (Å²) in [5.74, 6) is 1.80. The Balaban J connectivity index is 2.03. The average molecular weight is 449 g/mol. The summed E-state index contributed by atoms with van der Waals surface area (Å²) >= 11 is 0. The molecule has 0 fully saturated rings. The Morgan fingerprint density at radius 1 is 1.03 bits per heavy atom. The van der Waals surface area contributed by atoms with Crippen LogP contribution in [0.3, 0.4) is 0 Å². The molecule has 168 valence electrons. The van der Waals surface area contributed by atoms with Crippen LogP contribution in [-0.4, -0.2) is 12.9 Å². The van der Waals surface area contributed by atoms with Gasteiger partial charge in [0.15, 0.2) is 5.78 Å². The van der Waals surface area contributed by atoms with E-state index >= 15 is 0 Å². The summed E-state index contributed by atoms with van der Waals surface area (Å²) in [6.07, 6.45) is 2.01. The van der Waals surface area contributed by atoms with E-state index < -0.39 is 0 Å². The lowest BCUT2D eigenvalue weighted by atomic mass is 9.94. The number of hydrogen-bond donors (Lipinski definition) is 0. The van der Waals surface area contributed by atoms with Crippen LogP contribution in [0.15, 0.2) is 66.7 Å². The van der Waals surface area contributed by atoms with E-state index in [1.54, 1.807) is 14.0 Å². The molecule has 0 bridgehead atoms. The van der Waals surface area contributed by atoms with E-state index in [4.69, 9.17) is 9.47 Å². The summed E-state index contributed by atoms with van der Waals surface area (Å²) in [6, 6.07) is 22.5. The number of ketones is 1. The molecule has 0 aliphatic heterocycles. The second kappa shape index (κ2) is 10.8. The van der Waals surface area contributed by atoms with Gasteiger partial charge >= 0.3 is 0 Å². The van der Waals surface area contributed by atoms with Crippen LogP contribution in [0, 0.1) is 6.92 Å². The van der Waals surface area contributed by atoms with E-state index in [2.05, 4.69) is 44.2 Å². The number of ether oxygens (including phenoxy) is 2. The molecular formula is C28H33O3P. The summed E-state index contributed by atoms with van der Waals surface area (Å²) in [5, 5.41) is 0.922. The summed E-state index contributed by atoms with van der Waals surface area (Å²) in [4.78, 5) is 12.4. The Hall–Kier alpha value is -2.64. The fraction of sp³-hybridized carbons (Fsp3) is 0.321. The zero-order valence-electron chi connectivity index (χ0n) is 19.7. The standard InChI is InChI=1S/C28H33O3P/c1-6-16-28(4,32-27-15-12-20(2)17-24(27)21(3)29)25-18-23(30-5)13-14-26(25)31-19-22-10-8-7-9-11-22/h7-15,17-18,32H,6,16,19H2,1-5H3. The minimum absolute atomic E-state index is 0.112. The maximum absolute atomic E-state index is 12.4. The zero-order valence-corrected chi connectivity index (χ0v) is 20.7. The van der Waals surface area contributed by atoms with Gasteiger partial charge in [-0.1, -0.05) is 76.9 Å². The molecule has 0 heterocycles. The molecule has 3 nitrogen and oxygen atoms in total. The van der Waals surface area contributed by atoms with Crippen molar-refractivity contribution >= 4 is 19.7 Å². The van der Waals surface area contributed by atoms with Crippen molar-refractivity contribution in [3.05, 3.63) is 89.0 Å². The molecule has 0 aliphatic rings. The number of rotatable bonds is 10. The number of carbonyl (C=O) groups excluding carboxylic acids is 1. The van der Waals surface area contributed by atoms with Gasteiger partial charge in [-0.15, -0.1) is 0 Å². The van der Waals surface area contributed by atoms with Crippen molar-refractivity contribution in [1.29, 1.82) is 0 Å². The topological polar surface area (TPSA) is 35.5 Å². The van der Waals surface area contributed by atoms with Crippen LogP contribution in [-0.2, 0) is 11.8 Å². The van der Waals surface area contributed by atoms with Gasteiger partial charge in [0.25, 0.3) is 0 Å². The Bertz CT molecular complexity index is 1060. The Labute approximate surface area is 193 Å². The molecule has 0 saturated heterocycles. The van der Waals surface area contributed by atoms with Crippen LogP contribution < -0.4 is 14.8 Å². The van der Waals surface area contributed by atoms with Crippen LogP contribution in [0.2, 0.25) is 0 Å². The Kier molecular flexibility index (Phi) is 8.10. The monoisotopic (exact) mass is 448 g/mol. The Morgan fingerprint density at radius 3 is 2.44 bits per heavy atom. The third kappa shape index (κ3) is 5.78. The van der Waals surface area contributed by atoms with Gasteiger partial charge in [-0.25, -0.2) is 0 Å². The summed E-state index contributed by atoms with van der Waals surface area (Å²) in [5.41, 5.74) is 4.18. The predicted octanol–water partition coefficient (Wildman–Crippen LogP) is 6.80. The van der Waals surface area contributed by atoms with Crippen LogP contribution in [0.1, 0.15) is 60.7 Å². The third-order valence-electron chi connectivity index (χ3n) is 5.73. The van der Waals surface area contributed by atoms with Crippen LogP contribution >= 0.6 is 8.58 Å². The molecule has 4 heteroatoms. The van der Waals surface area contributed by atoms with Crippen molar-refractivity contribution in [2.24, 2.45) is 0 Å². The van der Waals surface area contributed by atoms with E-state index in [-0.39, 0.29) is 10.9 Å². The van der Waals surface area contributed by atoms with Crippen LogP contribution in [0.5, 0.6) is 11.5 Å². The Morgan fingerprint density at radius 2 is 1.78 bits per heavy atom.